The lowest BCUT2D eigenvalue weighted by Crippen LogP contribution is -2.32. The molecule has 0 unspecified atom stereocenters. The molecule has 0 radical (unpaired) electrons. The van der Waals surface area contributed by atoms with Crippen molar-refractivity contribution in [2.24, 2.45) is 7.05 Å². The van der Waals surface area contributed by atoms with Crippen LogP contribution in [0.25, 0.3) is 0 Å². The quantitative estimate of drug-likeness (QED) is 0.850. The Labute approximate surface area is 96.2 Å². The van der Waals surface area contributed by atoms with Gasteiger partial charge in [-0.1, -0.05) is 12.8 Å². The zero-order valence-corrected chi connectivity index (χ0v) is 10.3. The maximum atomic E-state index is 10.2. The molecule has 1 aliphatic rings. The monoisotopic (exact) mass is 224 g/mol. The summed E-state index contributed by atoms with van der Waals surface area (Å²) in [5.74, 6) is 0.822. The second-order valence-electron chi connectivity index (χ2n) is 4.84. The maximum Gasteiger partial charge on any atom is 0.163 e. The van der Waals surface area contributed by atoms with Crippen molar-refractivity contribution in [3.8, 4) is 5.75 Å². The topological polar surface area (TPSA) is 47.3 Å². The number of hydrogen-bond acceptors (Lipinski definition) is 3. The molecule has 0 atom stereocenters. The van der Waals surface area contributed by atoms with Crippen molar-refractivity contribution < 1.29 is 9.84 Å². The summed E-state index contributed by atoms with van der Waals surface area (Å²) in [6.45, 7) is 4.30. The number of rotatable bonds is 3. The van der Waals surface area contributed by atoms with E-state index in [2.05, 4.69) is 5.10 Å². The Kier molecular flexibility index (Phi) is 2.93. The van der Waals surface area contributed by atoms with Gasteiger partial charge < -0.3 is 9.84 Å². The first kappa shape index (κ1) is 11.5. The first-order chi connectivity index (χ1) is 7.52. The van der Waals surface area contributed by atoms with Gasteiger partial charge in [0.15, 0.2) is 5.75 Å². The number of aliphatic hydroxyl groups is 1. The number of aromatic nitrogens is 2. The highest BCUT2D eigenvalue weighted by atomic mass is 16.5. The normalized spacial score (nSPS) is 19.0. The lowest BCUT2D eigenvalue weighted by atomic mass is 10.0. The van der Waals surface area contributed by atoms with E-state index < -0.39 is 5.60 Å². The van der Waals surface area contributed by atoms with Crippen LogP contribution in [0.15, 0.2) is 0 Å². The van der Waals surface area contributed by atoms with Gasteiger partial charge in [0.2, 0.25) is 0 Å². The summed E-state index contributed by atoms with van der Waals surface area (Å²) in [4.78, 5) is 0. The molecule has 0 amide bonds. The highest BCUT2D eigenvalue weighted by Gasteiger charge is 2.32. The number of aryl methyl sites for hydroxylation is 2. The molecule has 1 aromatic rings. The van der Waals surface area contributed by atoms with Gasteiger partial charge in [0.05, 0.1) is 11.3 Å². The third kappa shape index (κ3) is 2.07. The first-order valence-corrected chi connectivity index (χ1v) is 5.87. The van der Waals surface area contributed by atoms with Crippen LogP contribution in [0.5, 0.6) is 5.75 Å². The lowest BCUT2D eigenvalue weighted by Gasteiger charge is -2.22. The van der Waals surface area contributed by atoms with Crippen molar-refractivity contribution >= 4 is 0 Å². The smallest absolute Gasteiger partial charge is 0.163 e. The Hall–Kier alpha value is -1.03. The standard InChI is InChI=1S/C12H20N2O2/c1-9-11(10(2)14(3)13-9)16-8-12(15)6-4-5-7-12/h15H,4-8H2,1-3H3. The molecule has 16 heavy (non-hydrogen) atoms. The van der Waals surface area contributed by atoms with E-state index in [-0.39, 0.29) is 0 Å². The molecule has 0 saturated heterocycles. The van der Waals surface area contributed by atoms with Gasteiger partial charge >= 0.3 is 0 Å². The second-order valence-corrected chi connectivity index (χ2v) is 4.84. The highest BCUT2D eigenvalue weighted by molar-refractivity contribution is 5.31. The number of ether oxygens (including phenoxy) is 1. The molecular formula is C12H20N2O2. The van der Waals surface area contributed by atoms with E-state index >= 15 is 0 Å². The molecule has 4 heteroatoms. The molecule has 0 bridgehead atoms. The van der Waals surface area contributed by atoms with Crippen LogP contribution >= 0.6 is 0 Å². The van der Waals surface area contributed by atoms with E-state index in [0.29, 0.717) is 6.61 Å². The van der Waals surface area contributed by atoms with Crippen LogP contribution in [0.3, 0.4) is 0 Å². The Bertz CT molecular complexity index is 379. The average Bonchev–Trinajstić information content (AvgIpc) is 2.73. The Morgan fingerprint density at radius 3 is 2.50 bits per heavy atom. The molecule has 1 heterocycles. The van der Waals surface area contributed by atoms with Crippen LogP contribution in [0.4, 0.5) is 0 Å². The van der Waals surface area contributed by atoms with E-state index in [1.165, 1.54) is 0 Å². The van der Waals surface area contributed by atoms with Crippen molar-refractivity contribution in [2.45, 2.75) is 45.1 Å². The van der Waals surface area contributed by atoms with Gasteiger partial charge in [-0.15, -0.1) is 0 Å². The predicted molar refractivity (Wildman–Crippen MR) is 61.6 cm³/mol. The van der Waals surface area contributed by atoms with E-state index in [0.717, 1.165) is 42.8 Å². The molecule has 1 aromatic heterocycles. The van der Waals surface area contributed by atoms with Crippen molar-refractivity contribution in [1.29, 1.82) is 0 Å². The highest BCUT2D eigenvalue weighted by Crippen LogP contribution is 2.31. The zero-order chi connectivity index (χ0) is 11.8. The first-order valence-electron chi connectivity index (χ1n) is 5.87. The van der Waals surface area contributed by atoms with Gasteiger partial charge in [0.25, 0.3) is 0 Å². The fourth-order valence-electron chi connectivity index (χ4n) is 2.35. The predicted octanol–water partition coefficient (Wildman–Crippen LogP) is 1.72. The summed E-state index contributed by atoms with van der Waals surface area (Å²) in [6, 6.07) is 0. The van der Waals surface area contributed by atoms with Gasteiger partial charge in [-0.25, -0.2) is 0 Å². The lowest BCUT2D eigenvalue weighted by molar-refractivity contribution is 0.00101. The zero-order valence-electron chi connectivity index (χ0n) is 10.3. The summed E-state index contributed by atoms with van der Waals surface area (Å²) in [6.07, 6.45) is 3.91. The molecule has 4 nitrogen and oxygen atoms in total. The fraction of sp³-hybridized carbons (Fsp3) is 0.750. The third-order valence-electron chi connectivity index (χ3n) is 3.46. The molecule has 2 rings (SSSR count). The number of nitrogens with zero attached hydrogens (tertiary/aromatic N) is 2. The fourth-order valence-corrected chi connectivity index (χ4v) is 2.35. The summed E-state index contributed by atoms with van der Waals surface area (Å²) in [5, 5.41) is 14.5. The molecule has 90 valence electrons. The van der Waals surface area contributed by atoms with Crippen LogP contribution in [0.2, 0.25) is 0 Å². The largest absolute Gasteiger partial charge is 0.487 e. The van der Waals surface area contributed by atoms with E-state index in [9.17, 15) is 5.11 Å². The van der Waals surface area contributed by atoms with Gasteiger partial charge in [-0.05, 0) is 26.7 Å². The third-order valence-corrected chi connectivity index (χ3v) is 3.46. The Morgan fingerprint density at radius 2 is 2.00 bits per heavy atom. The Morgan fingerprint density at radius 1 is 1.38 bits per heavy atom. The van der Waals surface area contributed by atoms with Gasteiger partial charge in [-0.3, -0.25) is 4.68 Å². The van der Waals surface area contributed by atoms with Crippen molar-refractivity contribution in [2.75, 3.05) is 6.61 Å². The summed E-state index contributed by atoms with van der Waals surface area (Å²) < 4.78 is 7.55. The van der Waals surface area contributed by atoms with Crippen LogP contribution in [0.1, 0.15) is 37.1 Å². The van der Waals surface area contributed by atoms with Crippen LogP contribution in [-0.4, -0.2) is 27.1 Å². The molecular weight excluding hydrogens is 204 g/mol. The van der Waals surface area contributed by atoms with Crippen LogP contribution in [0, 0.1) is 13.8 Å². The van der Waals surface area contributed by atoms with Crippen LogP contribution < -0.4 is 4.74 Å². The molecule has 1 aliphatic carbocycles. The molecule has 1 N–H and O–H groups in total. The molecule has 0 spiro atoms. The van der Waals surface area contributed by atoms with Crippen LogP contribution in [-0.2, 0) is 7.05 Å². The van der Waals surface area contributed by atoms with Crippen molar-refractivity contribution in [1.82, 2.24) is 9.78 Å². The molecule has 1 fully saturated rings. The molecule has 0 aromatic carbocycles. The minimum Gasteiger partial charge on any atom is -0.487 e. The van der Waals surface area contributed by atoms with Crippen molar-refractivity contribution in [3.63, 3.8) is 0 Å². The van der Waals surface area contributed by atoms with E-state index in [4.69, 9.17) is 4.74 Å². The SMILES string of the molecule is Cc1nn(C)c(C)c1OCC1(O)CCCC1. The minimum absolute atomic E-state index is 0.389. The van der Waals surface area contributed by atoms with Gasteiger partial charge in [0.1, 0.15) is 12.3 Å². The Balaban J connectivity index is 2.04. The maximum absolute atomic E-state index is 10.2. The van der Waals surface area contributed by atoms with E-state index in [1.54, 1.807) is 0 Å². The van der Waals surface area contributed by atoms with Gasteiger partial charge in [-0.2, -0.15) is 5.10 Å². The molecule has 0 aliphatic heterocycles. The molecule has 1 saturated carbocycles. The second kappa shape index (κ2) is 4.09. The van der Waals surface area contributed by atoms with Crippen molar-refractivity contribution in [3.05, 3.63) is 11.4 Å². The van der Waals surface area contributed by atoms with E-state index in [1.807, 2.05) is 25.6 Å². The number of hydrogen-bond donors (Lipinski definition) is 1. The summed E-state index contributed by atoms with van der Waals surface area (Å²) in [7, 11) is 1.90. The van der Waals surface area contributed by atoms with Gasteiger partial charge in [0, 0.05) is 7.05 Å². The minimum atomic E-state index is -0.616. The average molecular weight is 224 g/mol. The summed E-state index contributed by atoms with van der Waals surface area (Å²) >= 11 is 0. The summed E-state index contributed by atoms with van der Waals surface area (Å²) in [5.41, 5.74) is 1.29.